The lowest BCUT2D eigenvalue weighted by atomic mass is 10.2. The van der Waals surface area contributed by atoms with Crippen molar-refractivity contribution in [3.8, 4) is 0 Å². The van der Waals surface area contributed by atoms with Crippen LogP contribution in [0.25, 0.3) is 0 Å². The van der Waals surface area contributed by atoms with Crippen LogP contribution in [0.4, 0.5) is 5.69 Å². The highest BCUT2D eigenvalue weighted by Crippen LogP contribution is 2.18. The summed E-state index contributed by atoms with van der Waals surface area (Å²) in [5.74, 6) is -0.307. The zero-order chi connectivity index (χ0) is 19.6. The van der Waals surface area contributed by atoms with E-state index in [1.165, 1.54) is 27.5 Å². The van der Waals surface area contributed by atoms with Crippen LogP contribution in [0.3, 0.4) is 0 Å². The second kappa shape index (κ2) is 7.66. The highest BCUT2D eigenvalue weighted by atomic mass is 32.2. The van der Waals surface area contributed by atoms with E-state index in [1.54, 1.807) is 7.05 Å². The molecular weight excluding hydrogens is 366 g/mol. The van der Waals surface area contributed by atoms with Crippen molar-refractivity contribution in [1.82, 2.24) is 8.87 Å². The molecule has 0 aliphatic carbocycles. The van der Waals surface area contributed by atoms with Crippen LogP contribution in [-0.4, -0.2) is 43.3 Å². The number of pyridine rings is 1. The molecule has 0 atom stereocenters. The molecule has 1 fully saturated rings. The van der Waals surface area contributed by atoms with Gasteiger partial charge in [0, 0.05) is 32.0 Å². The first-order valence-corrected chi connectivity index (χ1v) is 10.3. The Balaban J connectivity index is 1.86. The second-order valence-corrected chi connectivity index (χ2v) is 8.61. The maximum Gasteiger partial charge on any atom is 0.271 e. The number of sulfonamides is 1. The van der Waals surface area contributed by atoms with Gasteiger partial charge in [-0.2, -0.15) is 4.31 Å². The molecule has 3 rings (SSSR count). The first-order chi connectivity index (χ1) is 12.8. The molecule has 27 heavy (non-hydrogen) atoms. The third kappa shape index (κ3) is 3.96. The van der Waals surface area contributed by atoms with E-state index in [2.05, 4.69) is 0 Å². The third-order valence-electron chi connectivity index (χ3n) is 4.74. The van der Waals surface area contributed by atoms with Gasteiger partial charge in [0.2, 0.25) is 15.9 Å². The van der Waals surface area contributed by atoms with Gasteiger partial charge in [0.15, 0.2) is 0 Å². The summed E-state index contributed by atoms with van der Waals surface area (Å²) in [5, 5.41) is 0. The van der Waals surface area contributed by atoms with Crippen molar-refractivity contribution in [2.75, 3.05) is 25.0 Å². The predicted molar refractivity (Wildman–Crippen MR) is 103 cm³/mol. The predicted octanol–water partition coefficient (Wildman–Crippen LogP) is 1.60. The summed E-state index contributed by atoms with van der Waals surface area (Å²) < 4.78 is 27.9. The SMILES string of the molecule is Cc1cccc(N(C)C(=O)Cn2cccc(S(=O)(=O)N3CCCC3)c2=O)c1. The van der Waals surface area contributed by atoms with Gasteiger partial charge in [-0.05, 0) is 49.6 Å². The maximum absolute atomic E-state index is 12.7. The Morgan fingerprint density at radius 3 is 2.52 bits per heavy atom. The summed E-state index contributed by atoms with van der Waals surface area (Å²) in [6.45, 7) is 2.54. The molecule has 2 aromatic rings. The van der Waals surface area contributed by atoms with Crippen molar-refractivity contribution in [2.45, 2.75) is 31.2 Å². The largest absolute Gasteiger partial charge is 0.314 e. The highest BCUT2D eigenvalue weighted by Gasteiger charge is 2.30. The summed E-state index contributed by atoms with van der Waals surface area (Å²) >= 11 is 0. The van der Waals surface area contributed by atoms with Crippen LogP contribution < -0.4 is 10.5 Å². The summed E-state index contributed by atoms with van der Waals surface area (Å²) in [6.07, 6.45) is 3.02. The second-order valence-electron chi connectivity index (χ2n) is 6.71. The van der Waals surface area contributed by atoms with Gasteiger partial charge in [0.1, 0.15) is 11.4 Å². The number of aromatic nitrogens is 1. The molecular formula is C19H23N3O4S. The maximum atomic E-state index is 12.7. The van der Waals surface area contributed by atoms with Crippen molar-refractivity contribution < 1.29 is 13.2 Å². The Labute approximate surface area is 158 Å². The van der Waals surface area contributed by atoms with Crippen LogP contribution in [0, 0.1) is 6.92 Å². The Hall–Kier alpha value is -2.45. The smallest absolute Gasteiger partial charge is 0.271 e. The van der Waals surface area contributed by atoms with Crippen LogP contribution in [0.15, 0.2) is 52.3 Å². The minimum absolute atomic E-state index is 0.230. The Morgan fingerprint density at radius 2 is 1.85 bits per heavy atom. The van der Waals surface area contributed by atoms with Crippen LogP contribution in [-0.2, 0) is 21.4 Å². The lowest BCUT2D eigenvalue weighted by Gasteiger charge is -2.19. The van der Waals surface area contributed by atoms with E-state index in [0.29, 0.717) is 18.8 Å². The van der Waals surface area contributed by atoms with Gasteiger partial charge in [-0.1, -0.05) is 12.1 Å². The number of likely N-dealkylation sites (N-methyl/N-ethyl adjacent to an activating group) is 1. The van der Waals surface area contributed by atoms with Gasteiger partial charge < -0.3 is 9.47 Å². The van der Waals surface area contributed by atoms with E-state index in [9.17, 15) is 18.0 Å². The van der Waals surface area contributed by atoms with E-state index >= 15 is 0 Å². The van der Waals surface area contributed by atoms with E-state index in [1.807, 2.05) is 31.2 Å². The monoisotopic (exact) mass is 389 g/mol. The molecule has 1 aliphatic heterocycles. The van der Waals surface area contributed by atoms with Gasteiger partial charge in [-0.3, -0.25) is 9.59 Å². The fraction of sp³-hybridized carbons (Fsp3) is 0.368. The Kier molecular flexibility index (Phi) is 5.48. The third-order valence-corrected chi connectivity index (χ3v) is 6.65. The average molecular weight is 389 g/mol. The Morgan fingerprint density at radius 1 is 1.15 bits per heavy atom. The average Bonchev–Trinajstić information content (AvgIpc) is 3.18. The molecule has 8 heteroatoms. The number of rotatable bonds is 5. The van der Waals surface area contributed by atoms with E-state index in [4.69, 9.17) is 0 Å². The fourth-order valence-electron chi connectivity index (χ4n) is 3.14. The standard InChI is InChI=1S/C19H23N3O4S/c1-15-7-5-8-16(13-15)20(2)18(23)14-21-10-6-9-17(19(21)24)27(25,26)22-11-3-4-12-22/h5-10,13H,3-4,11-12,14H2,1-2H3. The number of amides is 1. The number of anilines is 1. The zero-order valence-corrected chi connectivity index (χ0v) is 16.3. The van der Waals surface area contributed by atoms with Gasteiger partial charge in [0.25, 0.3) is 5.56 Å². The van der Waals surface area contributed by atoms with Gasteiger partial charge in [0.05, 0.1) is 0 Å². The van der Waals surface area contributed by atoms with Crippen molar-refractivity contribution in [2.24, 2.45) is 0 Å². The van der Waals surface area contributed by atoms with Crippen LogP contribution >= 0.6 is 0 Å². The number of benzene rings is 1. The summed E-state index contributed by atoms with van der Waals surface area (Å²) in [5.41, 5.74) is 1.06. The van der Waals surface area contributed by atoms with E-state index in [-0.39, 0.29) is 17.3 Å². The number of hydrogen-bond donors (Lipinski definition) is 0. The molecule has 1 aliphatic rings. The summed E-state index contributed by atoms with van der Waals surface area (Å²) in [6, 6.07) is 10.3. The van der Waals surface area contributed by atoms with Crippen LogP contribution in [0.5, 0.6) is 0 Å². The number of nitrogens with zero attached hydrogens (tertiary/aromatic N) is 3. The zero-order valence-electron chi connectivity index (χ0n) is 15.5. The molecule has 1 amide bonds. The van der Waals surface area contributed by atoms with Crippen molar-refractivity contribution in [3.63, 3.8) is 0 Å². The van der Waals surface area contributed by atoms with E-state index < -0.39 is 15.6 Å². The molecule has 0 bridgehead atoms. The normalized spacial score (nSPS) is 15.0. The minimum Gasteiger partial charge on any atom is -0.314 e. The quantitative estimate of drug-likeness (QED) is 0.778. The fourth-order valence-corrected chi connectivity index (χ4v) is 4.74. The molecule has 1 saturated heterocycles. The molecule has 1 aromatic carbocycles. The number of aryl methyl sites for hydroxylation is 1. The van der Waals surface area contributed by atoms with Gasteiger partial charge in [-0.15, -0.1) is 0 Å². The van der Waals surface area contributed by atoms with Crippen molar-refractivity contribution >= 4 is 21.6 Å². The van der Waals surface area contributed by atoms with Crippen molar-refractivity contribution in [3.05, 3.63) is 58.5 Å². The highest BCUT2D eigenvalue weighted by molar-refractivity contribution is 7.89. The lowest BCUT2D eigenvalue weighted by Crippen LogP contribution is -2.37. The van der Waals surface area contributed by atoms with Gasteiger partial charge in [-0.25, -0.2) is 8.42 Å². The molecule has 0 N–H and O–H groups in total. The van der Waals surface area contributed by atoms with Crippen molar-refractivity contribution in [1.29, 1.82) is 0 Å². The van der Waals surface area contributed by atoms with E-state index in [0.717, 1.165) is 23.0 Å². The molecule has 0 unspecified atom stereocenters. The first kappa shape index (κ1) is 19.3. The molecule has 0 saturated carbocycles. The molecule has 2 heterocycles. The molecule has 1 aromatic heterocycles. The minimum atomic E-state index is -3.83. The number of carbonyl (C=O) groups is 1. The molecule has 0 radical (unpaired) electrons. The molecule has 144 valence electrons. The van der Waals surface area contributed by atoms with Crippen LogP contribution in [0.2, 0.25) is 0 Å². The first-order valence-electron chi connectivity index (χ1n) is 8.83. The topological polar surface area (TPSA) is 79.7 Å². The molecule has 0 spiro atoms. The Bertz CT molecular complexity index is 1010. The molecule has 7 nitrogen and oxygen atoms in total. The van der Waals surface area contributed by atoms with Crippen LogP contribution in [0.1, 0.15) is 18.4 Å². The summed E-state index contributed by atoms with van der Waals surface area (Å²) in [7, 11) is -2.20. The summed E-state index contributed by atoms with van der Waals surface area (Å²) in [4.78, 5) is 26.5. The number of carbonyl (C=O) groups excluding carboxylic acids is 1. The lowest BCUT2D eigenvalue weighted by molar-refractivity contribution is -0.118. The van der Waals surface area contributed by atoms with Gasteiger partial charge >= 0.3 is 0 Å². The number of hydrogen-bond acceptors (Lipinski definition) is 4.